The van der Waals surface area contributed by atoms with Gasteiger partial charge in [0.25, 0.3) is 0 Å². The predicted molar refractivity (Wildman–Crippen MR) is 69.8 cm³/mol. The average Bonchev–Trinajstić information content (AvgIpc) is 2.98. The van der Waals surface area contributed by atoms with Gasteiger partial charge in [0.15, 0.2) is 5.78 Å². The first-order chi connectivity index (χ1) is 8.79. The molecule has 0 unspecified atom stereocenters. The molecular formula is C15H16N2O. The number of fused-ring (bicyclic) bond motifs is 1. The lowest BCUT2D eigenvalue weighted by Crippen LogP contribution is -2.01. The van der Waals surface area contributed by atoms with E-state index in [-0.39, 0.29) is 5.78 Å². The fourth-order valence-electron chi connectivity index (χ4n) is 2.63. The van der Waals surface area contributed by atoms with Gasteiger partial charge in [-0.2, -0.15) is 5.10 Å². The monoisotopic (exact) mass is 240 g/mol. The number of benzene rings is 1. The molecule has 1 atom stereocenters. The van der Waals surface area contributed by atoms with Crippen molar-refractivity contribution < 1.29 is 4.79 Å². The molecule has 1 aromatic carbocycles. The normalized spacial score (nSPS) is 17.7. The van der Waals surface area contributed by atoms with Gasteiger partial charge in [-0.1, -0.05) is 37.3 Å². The molecule has 3 rings (SSSR count). The van der Waals surface area contributed by atoms with Gasteiger partial charge in [-0.3, -0.25) is 9.48 Å². The number of rotatable bonds is 3. The lowest BCUT2D eigenvalue weighted by Gasteiger charge is -2.08. The molecule has 0 N–H and O–H groups in total. The Kier molecular flexibility index (Phi) is 2.74. The summed E-state index contributed by atoms with van der Waals surface area (Å²) in [6, 6.07) is 12.4. The molecule has 0 fully saturated rings. The van der Waals surface area contributed by atoms with E-state index in [1.54, 1.807) is 0 Å². The molecule has 0 spiro atoms. The number of hydrogen-bond acceptors (Lipinski definition) is 2. The lowest BCUT2D eigenvalue weighted by atomic mass is 9.94. The van der Waals surface area contributed by atoms with E-state index in [1.165, 1.54) is 11.3 Å². The van der Waals surface area contributed by atoms with E-state index in [0.29, 0.717) is 18.0 Å². The number of Topliss-reactive ketones (excluding diaryl/α,β-unsaturated/α-hetero) is 1. The maximum atomic E-state index is 11.7. The van der Waals surface area contributed by atoms with Crippen LogP contribution in [-0.4, -0.2) is 15.6 Å². The van der Waals surface area contributed by atoms with Gasteiger partial charge in [0.1, 0.15) is 5.69 Å². The van der Waals surface area contributed by atoms with Crippen molar-refractivity contribution in [1.29, 1.82) is 0 Å². The molecule has 3 nitrogen and oxygen atoms in total. The summed E-state index contributed by atoms with van der Waals surface area (Å²) in [5.74, 6) is 0.515. The van der Waals surface area contributed by atoms with Crippen molar-refractivity contribution in [1.82, 2.24) is 9.78 Å². The third kappa shape index (κ3) is 1.76. The molecule has 92 valence electrons. The quantitative estimate of drug-likeness (QED) is 0.773. The van der Waals surface area contributed by atoms with Crippen molar-refractivity contribution in [2.45, 2.75) is 32.2 Å². The van der Waals surface area contributed by atoms with Crippen LogP contribution in [0.2, 0.25) is 0 Å². The Morgan fingerprint density at radius 2 is 2.17 bits per heavy atom. The fraction of sp³-hybridized carbons (Fsp3) is 0.333. The second-order valence-corrected chi connectivity index (χ2v) is 4.71. The molecule has 0 radical (unpaired) electrons. The summed E-state index contributed by atoms with van der Waals surface area (Å²) in [7, 11) is 0. The Hall–Kier alpha value is -1.90. The van der Waals surface area contributed by atoms with E-state index in [9.17, 15) is 4.79 Å². The second-order valence-electron chi connectivity index (χ2n) is 4.71. The minimum Gasteiger partial charge on any atom is -0.292 e. The van der Waals surface area contributed by atoms with Crippen molar-refractivity contribution in [3.8, 4) is 0 Å². The molecule has 3 heteroatoms. The molecule has 2 aromatic rings. The van der Waals surface area contributed by atoms with E-state index in [4.69, 9.17) is 0 Å². The Balaban J connectivity index is 1.97. The van der Waals surface area contributed by atoms with Gasteiger partial charge in [0.2, 0.25) is 0 Å². The van der Waals surface area contributed by atoms with E-state index < -0.39 is 0 Å². The molecule has 0 saturated carbocycles. The highest BCUT2D eigenvalue weighted by atomic mass is 16.1. The average molecular weight is 240 g/mol. The van der Waals surface area contributed by atoms with Crippen LogP contribution in [0.1, 0.15) is 47.4 Å². The molecule has 0 saturated heterocycles. The Morgan fingerprint density at radius 3 is 2.89 bits per heavy atom. The first-order valence-electron chi connectivity index (χ1n) is 6.45. The van der Waals surface area contributed by atoms with Crippen LogP contribution in [0.3, 0.4) is 0 Å². The first kappa shape index (κ1) is 11.2. The molecule has 0 bridgehead atoms. The number of hydrogen-bond donors (Lipinski definition) is 0. The smallest absolute Gasteiger partial charge is 0.182 e. The lowest BCUT2D eigenvalue weighted by molar-refractivity contribution is 0.0982. The molecule has 2 heterocycles. The fourth-order valence-corrected chi connectivity index (χ4v) is 2.63. The molecule has 1 aromatic heterocycles. The Labute approximate surface area is 106 Å². The number of carbonyl (C=O) groups excluding carboxylic acids is 1. The summed E-state index contributed by atoms with van der Waals surface area (Å²) >= 11 is 0. The third-order valence-corrected chi connectivity index (χ3v) is 3.61. The summed E-state index contributed by atoms with van der Waals surface area (Å²) in [5, 5.41) is 4.40. The third-order valence-electron chi connectivity index (χ3n) is 3.61. The zero-order valence-electron chi connectivity index (χ0n) is 10.5. The van der Waals surface area contributed by atoms with Crippen molar-refractivity contribution in [2.24, 2.45) is 0 Å². The maximum Gasteiger partial charge on any atom is 0.182 e. The van der Waals surface area contributed by atoms with Crippen LogP contribution in [0.5, 0.6) is 0 Å². The highest BCUT2D eigenvalue weighted by molar-refractivity contribution is 5.94. The minimum atomic E-state index is 0.128. The van der Waals surface area contributed by atoms with E-state index in [1.807, 2.05) is 23.7 Å². The molecule has 0 aliphatic carbocycles. The highest BCUT2D eigenvalue weighted by Crippen LogP contribution is 2.34. The number of ketones is 1. The Bertz CT molecular complexity index is 571. The molecule has 18 heavy (non-hydrogen) atoms. The largest absolute Gasteiger partial charge is 0.292 e. The topological polar surface area (TPSA) is 34.9 Å². The van der Waals surface area contributed by atoms with Gasteiger partial charge in [0.05, 0.1) is 0 Å². The molecule has 1 aliphatic rings. The van der Waals surface area contributed by atoms with Crippen LogP contribution in [0.4, 0.5) is 0 Å². The van der Waals surface area contributed by atoms with Crippen molar-refractivity contribution >= 4 is 5.78 Å². The van der Waals surface area contributed by atoms with E-state index in [0.717, 1.165) is 13.0 Å². The van der Waals surface area contributed by atoms with Gasteiger partial charge in [0, 0.05) is 24.6 Å². The van der Waals surface area contributed by atoms with Crippen LogP contribution in [-0.2, 0) is 6.54 Å². The summed E-state index contributed by atoms with van der Waals surface area (Å²) in [4.78, 5) is 11.7. The van der Waals surface area contributed by atoms with E-state index >= 15 is 0 Å². The van der Waals surface area contributed by atoms with Crippen LogP contribution in [0.15, 0.2) is 36.4 Å². The summed E-state index contributed by atoms with van der Waals surface area (Å²) < 4.78 is 1.99. The summed E-state index contributed by atoms with van der Waals surface area (Å²) in [5.41, 5.74) is 3.11. The Morgan fingerprint density at radius 1 is 1.39 bits per heavy atom. The first-order valence-corrected chi connectivity index (χ1v) is 6.45. The zero-order valence-corrected chi connectivity index (χ0v) is 10.5. The van der Waals surface area contributed by atoms with Gasteiger partial charge >= 0.3 is 0 Å². The second kappa shape index (κ2) is 4.41. The SMILES string of the molecule is CCC(=O)c1cc2n(n1)CC[C@H]2c1ccccc1. The predicted octanol–water partition coefficient (Wildman–Crippen LogP) is 3.01. The number of aromatic nitrogens is 2. The standard InChI is InChI=1S/C15H16N2O/c1-2-15(18)13-10-14-12(8-9-17(14)16-13)11-6-4-3-5-7-11/h3-7,10,12H,2,8-9H2,1H3/t12-/m0/s1. The number of carbonyl (C=O) groups is 1. The van der Waals surface area contributed by atoms with Crippen LogP contribution in [0, 0.1) is 0 Å². The van der Waals surface area contributed by atoms with Crippen molar-refractivity contribution in [3.05, 3.63) is 53.3 Å². The zero-order chi connectivity index (χ0) is 12.5. The molecule has 1 aliphatic heterocycles. The minimum absolute atomic E-state index is 0.128. The maximum absolute atomic E-state index is 11.7. The van der Waals surface area contributed by atoms with E-state index in [2.05, 4.69) is 29.4 Å². The summed E-state index contributed by atoms with van der Waals surface area (Å²) in [6.45, 7) is 2.79. The van der Waals surface area contributed by atoms with Gasteiger partial charge in [-0.05, 0) is 18.1 Å². The van der Waals surface area contributed by atoms with Crippen LogP contribution in [0.25, 0.3) is 0 Å². The van der Waals surface area contributed by atoms with Crippen LogP contribution >= 0.6 is 0 Å². The number of aryl methyl sites for hydroxylation is 1. The highest BCUT2D eigenvalue weighted by Gasteiger charge is 2.27. The van der Waals surface area contributed by atoms with Crippen molar-refractivity contribution in [2.75, 3.05) is 0 Å². The van der Waals surface area contributed by atoms with Crippen molar-refractivity contribution in [3.63, 3.8) is 0 Å². The van der Waals surface area contributed by atoms with Gasteiger partial charge < -0.3 is 0 Å². The van der Waals surface area contributed by atoms with Crippen LogP contribution < -0.4 is 0 Å². The number of nitrogens with zero attached hydrogens (tertiary/aromatic N) is 2. The molecule has 0 amide bonds. The molecular weight excluding hydrogens is 224 g/mol. The van der Waals surface area contributed by atoms with Gasteiger partial charge in [-0.15, -0.1) is 0 Å². The summed E-state index contributed by atoms with van der Waals surface area (Å²) in [6.07, 6.45) is 1.60. The van der Waals surface area contributed by atoms with Gasteiger partial charge in [-0.25, -0.2) is 0 Å².